The highest BCUT2D eigenvalue weighted by atomic mass is 19.1. The Morgan fingerprint density at radius 1 is 0.958 bits per heavy atom. The summed E-state index contributed by atoms with van der Waals surface area (Å²) in [5.41, 5.74) is 1.51. The number of hydrogen-bond donors (Lipinski definition) is 1. The summed E-state index contributed by atoms with van der Waals surface area (Å²) in [4.78, 5) is 2.91. The van der Waals surface area contributed by atoms with Gasteiger partial charge in [0.25, 0.3) is 5.89 Å². The Kier molecular flexibility index (Phi) is 3.16. The van der Waals surface area contributed by atoms with Crippen molar-refractivity contribution in [1.29, 1.82) is 0 Å². The molecule has 0 radical (unpaired) electrons. The zero-order valence-electron chi connectivity index (χ0n) is 12.4. The Bertz CT molecular complexity index is 1050. The van der Waals surface area contributed by atoms with E-state index in [4.69, 9.17) is 4.42 Å². The number of aromatic nitrogens is 3. The number of H-pyrrole nitrogens is 1. The van der Waals surface area contributed by atoms with Crippen LogP contribution in [0.5, 0.6) is 0 Å². The van der Waals surface area contributed by atoms with Crippen LogP contribution in [0.2, 0.25) is 0 Å². The normalized spacial score (nSPS) is 11.3. The van der Waals surface area contributed by atoms with E-state index >= 15 is 0 Å². The lowest BCUT2D eigenvalue weighted by atomic mass is 10.0. The molecular formula is C17H10F3N3O. The minimum atomic E-state index is -0.740. The molecule has 0 aliphatic rings. The van der Waals surface area contributed by atoms with Gasteiger partial charge < -0.3 is 9.40 Å². The van der Waals surface area contributed by atoms with E-state index < -0.39 is 17.5 Å². The van der Waals surface area contributed by atoms with Crippen LogP contribution in [0.25, 0.3) is 33.6 Å². The van der Waals surface area contributed by atoms with Gasteiger partial charge in [0.05, 0.1) is 16.8 Å². The zero-order chi connectivity index (χ0) is 16.8. The molecule has 2 aromatic heterocycles. The summed E-state index contributed by atoms with van der Waals surface area (Å²) in [5, 5.41) is 7.98. The first-order valence-corrected chi connectivity index (χ1v) is 7.10. The standard InChI is InChI=1S/C17H10F3N3O/c1-8-22-23-17(24-8)14-12-6-11(19)7-13(20)16(12)21-15(14)9-2-4-10(18)5-3-9/h2-7,21H,1H3. The molecule has 0 fully saturated rings. The lowest BCUT2D eigenvalue weighted by molar-refractivity contribution is 0.533. The molecule has 0 aliphatic heterocycles. The smallest absolute Gasteiger partial charge is 0.250 e. The molecule has 4 aromatic rings. The highest BCUT2D eigenvalue weighted by Crippen LogP contribution is 2.38. The van der Waals surface area contributed by atoms with E-state index in [0.717, 1.165) is 6.07 Å². The van der Waals surface area contributed by atoms with Gasteiger partial charge in [0, 0.05) is 18.4 Å². The second-order valence-electron chi connectivity index (χ2n) is 5.32. The number of rotatable bonds is 2. The zero-order valence-corrected chi connectivity index (χ0v) is 12.4. The van der Waals surface area contributed by atoms with E-state index in [1.54, 1.807) is 6.92 Å². The van der Waals surface area contributed by atoms with Gasteiger partial charge in [0.1, 0.15) is 17.5 Å². The minimum absolute atomic E-state index is 0.113. The van der Waals surface area contributed by atoms with Crippen molar-refractivity contribution in [3.05, 3.63) is 59.7 Å². The van der Waals surface area contributed by atoms with Crippen LogP contribution in [0, 0.1) is 24.4 Å². The first kappa shape index (κ1) is 14.5. The molecule has 0 unspecified atom stereocenters. The summed E-state index contributed by atoms with van der Waals surface area (Å²) >= 11 is 0. The van der Waals surface area contributed by atoms with Gasteiger partial charge in [-0.1, -0.05) is 0 Å². The topological polar surface area (TPSA) is 54.7 Å². The van der Waals surface area contributed by atoms with Crippen molar-refractivity contribution in [1.82, 2.24) is 15.2 Å². The number of aromatic amines is 1. The number of nitrogens with zero attached hydrogens (tertiary/aromatic N) is 2. The summed E-state index contributed by atoms with van der Waals surface area (Å²) in [6.45, 7) is 1.62. The second-order valence-corrected chi connectivity index (χ2v) is 5.32. The molecule has 0 saturated carbocycles. The largest absolute Gasteiger partial charge is 0.421 e. The van der Waals surface area contributed by atoms with Gasteiger partial charge in [-0.25, -0.2) is 13.2 Å². The van der Waals surface area contributed by atoms with Crippen LogP contribution in [-0.4, -0.2) is 15.2 Å². The highest BCUT2D eigenvalue weighted by molar-refractivity contribution is 6.02. The maximum atomic E-state index is 14.1. The fourth-order valence-electron chi connectivity index (χ4n) is 2.67. The SMILES string of the molecule is Cc1nnc(-c2c(-c3ccc(F)cc3)[nH]c3c(F)cc(F)cc23)o1. The Hall–Kier alpha value is -3.09. The Morgan fingerprint density at radius 3 is 2.38 bits per heavy atom. The molecule has 0 saturated heterocycles. The van der Waals surface area contributed by atoms with Crippen molar-refractivity contribution >= 4 is 10.9 Å². The lowest BCUT2D eigenvalue weighted by Gasteiger charge is -2.01. The Morgan fingerprint density at radius 2 is 1.71 bits per heavy atom. The molecule has 4 rings (SSSR count). The number of benzene rings is 2. The molecule has 7 heteroatoms. The van der Waals surface area contributed by atoms with E-state index in [9.17, 15) is 13.2 Å². The third-order valence-corrected chi connectivity index (χ3v) is 3.70. The van der Waals surface area contributed by atoms with E-state index in [1.807, 2.05) is 0 Å². The number of halogens is 3. The summed E-state index contributed by atoms with van der Waals surface area (Å²) in [6, 6.07) is 7.59. The van der Waals surface area contributed by atoms with Crippen LogP contribution in [0.15, 0.2) is 40.8 Å². The van der Waals surface area contributed by atoms with Gasteiger partial charge in [0.2, 0.25) is 5.89 Å². The third kappa shape index (κ3) is 2.25. The summed E-state index contributed by atoms with van der Waals surface area (Å²) in [7, 11) is 0. The fourth-order valence-corrected chi connectivity index (χ4v) is 2.67. The fraction of sp³-hybridized carbons (Fsp3) is 0.0588. The molecule has 4 nitrogen and oxygen atoms in total. The maximum Gasteiger partial charge on any atom is 0.250 e. The number of nitrogens with one attached hydrogen (secondary N) is 1. The van der Waals surface area contributed by atoms with E-state index in [2.05, 4.69) is 15.2 Å². The minimum Gasteiger partial charge on any atom is -0.421 e. The van der Waals surface area contributed by atoms with E-state index in [0.29, 0.717) is 22.7 Å². The van der Waals surface area contributed by atoms with Crippen molar-refractivity contribution in [3.8, 4) is 22.7 Å². The van der Waals surface area contributed by atoms with Gasteiger partial charge in [0.15, 0.2) is 0 Å². The maximum absolute atomic E-state index is 14.1. The molecule has 24 heavy (non-hydrogen) atoms. The van der Waals surface area contributed by atoms with Crippen molar-refractivity contribution < 1.29 is 17.6 Å². The summed E-state index contributed by atoms with van der Waals surface area (Å²) in [6.07, 6.45) is 0. The molecule has 0 atom stereocenters. The van der Waals surface area contributed by atoms with Crippen molar-refractivity contribution in [2.24, 2.45) is 0 Å². The molecule has 0 spiro atoms. The van der Waals surface area contributed by atoms with Crippen LogP contribution in [0.1, 0.15) is 5.89 Å². The number of aryl methyl sites for hydroxylation is 1. The molecule has 120 valence electrons. The summed E-state index contributed by atoms with van der Waals surface area (Å²) in [5.74, 6) is -1.41. The van der Waals surface area contributed by atoms with Crippen LogP contribution in [-0.2, 0) is 0 Å². The first-order valence-electron chi connectivity index (χ1n) is 7.10. The van der Waals surface area contributed by atoms with Crippen molar-refractivity contribution in [2.45, 2.75) is 6.92 Å². The van der Waals surface area contributed by atoms with E-state index in [-0.39, 0.29) is 16.8 Å². The second kappa shape index (κ2) is 5.23. The predicted octanol–water partition coefficient (Wildman–Crippen LogP) is 4.61. The van der Waals surface area contributed by atoms with Gasteiger partial charge in [-0.2, -0.15) is 0 Å². The number of hydrogen-bond acceptors (Lipinski definition) is 3. The van der Waals surface area contributed by atoms with Crippen molar-refractivity contribution in [2.75, 3.05) is 0 Å². The summed E-state index contributed by atoms with van der Waals surface area (Å²) < 4.78 is 46.5. The molecule has 0 aliphatic carbocycles. The molecule has 2 aromatic carbocycles. The van der Waals surface area contributed by atoms with Gasteiger partial charge in [-0.15, -0.1) is 10.2 Å². The third-order valence-electron chi connectivity index (χ3n) is 3.70. The van der Waals surface area contributed by atoms with Crippen LogP contribution in [0.4, 0.5) is 13.2 Å². The quantitative estimate of drug-likeness (QED) is 0.584. The molecule has 0 bridgehead atoms. The molecule has 0 amide bonds. The van der Waals surface area contributed by atoms with Crippen LogP contribution in [0.3, 0.4) is 0 Å². The molecule has 2 heterocycles. The molecule has 1 N–H and O–H groups in total. The highest BCUT2D eigenvalue weighted by Gasteiger charge is 2.22. The Labute approximate surface area is 134 Å². The number of fused-ring (bicyclic) bond motifs is 1. The molecular weight excluding hydrogens is 319 g/mol. The van der Waals surface area contributed by atoms with Crippen molar-refractivity contribution in [3.63, 3.8) is 0 Å². The van der Waals surface area contributed by atoms with Gasteiger partial charge in [-0.05, 0) is 35.9 Å². The average molecular weight is 329 g/mol. The van der Waals surface area contributed by atoms with Crippen LogP contribution >= 0.6 is 0 Å². The first-order chi connectivity index (χ1) is 11.5. The Balaban J connectivity index is 2.08. The van der Waals surface area contributed by atoms with Gasteiger partial charge in [-0.3, -0.25) is 0 Å². The van der Waals surface area contributed by atoms with Crippen LogP contribution < -0.4 is 0 Å². The van der Waals surface area contributed by atoms with E-state index in [1.165, 1.54) is 30.3 Å². The monoisotopic (exact) mass is 329 g/mol. The van der Waals surface area contributed by atoms with Gasteiger partial charge >= 0.3 is 0 Å². The average Bonchev–Trinajstić information content (AvgIpc) is 3.11. The lowest BCUT2D eigenvalue weighted by Crippen LogP contribution is -1.84. The predicted molar refractivity (Wildman–Crippen MR) is 81.6 cm³/mol.